The van der Waals surface area contributed by atoms with Crippen LogP contribution in [0.4, 0.5) is 4.39 Å². The van der Waals surface area contributed by atoms with E-state index in [4.69, 9.17) is 18.9 Å². The fraction of sp³-hybridized carbons (Fsp3) is 0.588. The van der Waals surface area contributed by atoms with Crippen molar-refractivity contribution in [2.75, 3.05) is 7.11 Å². The van der Waals surface area contributed by atoms with E-state index in [0.717, 1.165) is 4.47 Å². The highest BCUT2D eigenvalue weighted by atomic mass is 79.9. The molecule has 1 saturated heterocycles. The maximum absolute atomic E-state index is 14.9. The van der Waals surface area contributed by atoms with Crippen LogP contribution in [0.3, 0.4) is 0 Å². The maximum Gasteiger partial charge on any atom is 0.303 e. The number of carbonyl (C=O) groups is 1. The van der Waals surface area contributed by atoms with Crippen LogP contribution in [-0.4, -0.2) is 37.7 Å². The minimum Gasteiger partial charge on any atom is -0.493 e. The number of carbonyl (C=O) groups excluding carboxylic acids is 1. The first-order chi connectivity index (χ1) is 11.4. The zero-order chi connectivity index (χ0) is 17.9. The molecular weight excluding hydrogens is 383 g/mol. The molecule has 5 nitrogen and oxygen atoms in total. The topological polar surface area (TPSA) is 54.0 Å². The van der Waals surface area contributed by atoms with Gasteiger partial charge in [-0.15, -0.1) is 0 Å². The van der Waals surface area contributed by atoms with Gasteiger partial charge in [0.2, 0.25) is 6.29 Å². The summed E-state index contributed by atoms with van der Waals surface area (Å²) in [6.45, 7) is 5.01. The third-order valence-corrected chi connectivity index (χ3v) is 4.55. The molecule has 2 rings (SSSR count). The molecule has 0 N–H and O–H groups in total. The van der Waals surface area contributed by atoms with Gasteiger partial charge in [-0.2, -0.15) is 0 Å². The van der Waals surface area contributed by atoms with Crippen molar-refractivity contribution in [1.29, 1.82) is 0 Å². The van der Waals surface area contributed by atoms with E-state index in [1.807, 2.05) is 13.8 Å². The van der Waals surface area contributed by atoms with Crippen LogP contribution in [0, 0.1) is 5.92 Å². The van der Waals surface area contributed by atoms with Crippen molar-refractivity contribution in [3.8, 4) is 11.5 Å². The molecule has 1 aliphatic rings. The van der Waals surface area contributed by atoms with Crippen LogP contribution in [0.5, 0.6) is 11.5 Å². The van der Waals surface area contributed by atoms with Crippen LogP contribution in [0.15, 0.2) is 22.7 Å². The van der Waals surface area contributed by atoms with Crippen molar-refractivity contribution in [1.82, 2.24) is 0 Å². The minimum absolute atomic E-state index is 0.263. The SMILES string of the molecule is CC[C@H]1O[C@H](Oc2ccc(Br)cc2OC)[C@@H](F)[C@@H](OC(C)=O)[C@@H]1C. The van der Waals surface area contributed by atoms with Crippen LogP contribution >= 0.6 is 15.9 Å². The lowest BCUT2D eigenvalue weighted by molar-refractivity contribution is -0.243. The van der Waals surface area contributed by atoms with E-state index >= 15 is 0 Å². The first kappa shape index (κ1) is 19.0. The Morgan fingerprint density at radius 2 is 2.08 bits per heavy atom. The molecule has 1 aliphatic heterocycles. The minimum atomic E-state index is -1.60. The predicted octanol–water partition coefficient (Wildman–Crippen LogP) is 3.88. The van der Waals surface area contributed by atoms with Crippen molar-refractivity contribution in [3.05, 3.63) is 22.7 Å². The summed E-state index contributed by atoms with van der Waals surface area (Å²) >= 11 is 3.34. The number of benzene rings is 1. The Bertz CT molecular complexity index is 582. The fourth-order valence-corrected chi connectivity index (χ4v) is 3.16. The highest BCUT2D eigenvalue weighted by molar-refractivity contribution is 9.10. The van der Waals surface area contributed by atoms with Gasteiger partial charge in [0.1, 0.15) is 6.10 Å². The Hall–Kier alpha value is -1.34. The van der Waals surface area contributed by atoms with Gasteiger partial charge in [-0.25, -0.2) is 4.39 Å². The van der Waals surface area contributed by atoms with Gasteiger partial charge in [0.15, 0.2) is 17.7 Å². The Morgan fingerprint density at radius 3 is 2.67 bits per heavy atom. The third-order valence-electron chi connectivity index (χ3n) is 4.06. The molecule has 1 fully saturated rings. The van der Waals surface area contributed by atoms with Crippen molar-refractivity contribution in [2.45, 2.75) is 51.9 Å². The molecule has 134 valence electrons. The lowest BCUT2D eigenvalue weighted by Gasteiger charge is -2.41. The highest BCUT2D eigenvalue weighted by Crippen LogP contribution is 2.36. The van der Waals surface area contributed by atoms with E-state index in [1.165, 1.54) is 14.0 Å². The molecular formula is C17H22BrFO5. The Balaban J connectivity index is 2.23. The summed E-state index contributed by atoms with van der Waals surface area (Å²) in [5.74, 6) is 0.0296. The number of methoxy groups -OCH3 is 1. The summed E-state index contributed by atoms with van der Waals surface area (Å²) in [5, 5.41) is 0. The molecule has 1 heterocycles. The molecule has 0 unspecified atom stereocenters. The standard InChI is InChI=1S/C17H22BrFO5/c1-5-12-9(2)16(22-10(3)20)15(19)17(23-12)24-13-7-6-11(18)8-14(13)21-4/h6-9,12,15-17H,5H2,1-4H3/t9-,12-,15+,16+,17-/m1/s1. The average Bonchev–Trinajstić information content (AvgIpc) is 2.55. The zero-order valence-electron chi connectivity index (χ0n) is 14.1. The van der Waals surface area contributed by atoms with E-state index in [0.29, 0.717) is 17.9 Å². The second-order valence-electron chi connectivity index (χ2n) is 5.74. The number of alkyl halides is 1. The second-order valence-corrected chi connectivity index (χ2v) is 6.66. The molecule has 0 radical (unpaired) electrons. The lowest BCUT2D eigenvalue weighted by atomic mass is 9.90. The van der Waals surface area contributed by atoms with Crippen molar-refractivity contribution in [2.24, 2.45) is 5.92 Å². The van der Waals surface area contributed by atoms with E-state index in [-0.39, 0.29) is 12.0 Å². The molecule has 0 saturated carbocycles. The van der Waals surface area contributed by atoms with Crippen molar-refractivity contribution < 1.29 is 28.1 Å². The van der Waals surface area contributed by atoms with Crippen LogP contribution in [0.1, 0.15) is 27.2 Å². The number of halogens is 2. The van der Waals surface area contributed by atoms with E-state index in [2.05, 4.69) is 15.9 Å². The highest BCUT2D eigenvalue weighted by Gasteiger charge is 2.47. The summed E-state index contributed by atoms with van der Waals surface area (Å²) in [6.07, 6.45) is -3.30. The monoisotopic (exact) mass is 404 g/mol. The number of rotatable bonds is 5. The largest absolute Gasteiger partial charge is 0.493 e. The molecule has 7 heteroatoms. The van der Waals surface area contributed by atoms with E-state index in [1.54, 1.807) is 18.2 Å². The van der Waals surface area contributed by atoms with Gasteiger partial charge in [-0.05, 0) is 24.6 Å². The van der Waals surface area contributed by atoms with E-state index in [9.17, 15) is 9.18 Å². The molecule has 0 spiro atoms. The summed E-state index contributed by atoms with van der Waals surface area (Å²) in [6, 6.07) is 5.14. The summed E-state index contributed by atoms with van der Waals surface area (Å²) in [4.78, 5) is 11.3. The second kappa shape index (κ2) is 8.16. The first-order valence-electron chi connectivity index (χ1n) is 7.84. The Labute approximate surface area is 149 Å². The summed E-state index contributed by atoms with van der Waals surface area (Å²) < 4.78 is 37.5. The lowest BCUT2D eigenvalue weighted by Crippen LogP contribution is -2.54. The van der Waals surface area contributed by atoms with Crippen LogP contribution < -0.4 is 9.47 Å². The van der Waals surface area contributed by atoms with Gasteiger partial charge in [-0.3, -0.25) is 4.79 Å². The maximum atomic E-state index is 14.9. The molecule has 0 aliphatic carbocycles. The smallest absolute Gasteiger partial charge is 0.303 e. The fourth-order valence-electron chi connectivity index (χ4n) is 2.82. The quantitative estimate of drug-likeness (QED) is 0.697. The van der Waals surface area contributed by atoms with Gasteiger partial charge in [-0.1, -0.05) is 29.8 Å². The van der Waals surface area contributed by atoms with Crippen LogP contribution in [0.25, 0.3) is 0 Å². The van der Waals surface area contributed by atoms with Crippen molar-refractivity contribution in [3.63, 3.8) is 0 Å². The van der Waals surface area contributed by atoms with Gasteiger partial charge >= 0.3 is 5.97 Å². The van der Waals surface area contributed by atoms with E-state index < -0.39 is 24.5 Å². The van der Waals surface area contributed by atoms with Gasteiger partial charge in [0, 0.05) is 17.3 Å². The number of ether oxygens (including phenoxy) is 4. The molecule has 24 heavy (non-hydrogen) atoms. The predicted molar refractivity (Wildman–Crippen MR) is 89.9 cm³/mol. The zero-order valence-corrected chi connectivity index (χ0v) is 15.7. The normalized spacial score (nSPS) is 29.8. The Kier molecular flexibility index (Phi) is 6.46. The van der Waals surface area contributed by atoms with Crippen LogP contribution in [-0.2, 0) is 14.3 Å². The molecule has 1 aromatic carbocycles. The molecule has 0 amide bonds. The summed E-state index contributed by atoms with van der Waals surface area (Å²) in [5.41, 5.74) is 0. The number of hydrogen-bond acceptors (Lipinski definition) is 5. The first-order valence-corrected chi connectivity index (χ1v) is 8.63. The van der Waals surface area contributed by atoms with Crippen molar-refractivity contribution >= 4 is 21.9 Å². The summed E-state index contributed by atoms with van der Waals surface area (Å²) in [7, 11) is 1.50. The molecule has 0 bridgehead atoms. The Morgan fingerprint density at radius 1 is 1.38 bits per heavy atom. The van der Waals surface area contributed by atoms with Gasteiger partial charge < -0.3 is 18.9 Å². The molecule has 5 atom stereocenters. The molecule has 0 aromatic heterocycles. The average molecular weight is 405 g/mol. The number of hydrogen-bond donors (Lipinski definition) is 0. The third kappa shape index (κ3) is 4.19. The van der Waals surface area contributed by atoms with Crippen LogP contribution in [0.2, 0.25) is 0 Å². The molecule has 1 aromatic rings. The van der Waals surface area contributed by atoms with Gasteiger partial charge in [0.05, 0.1) is 13.2 Å². The number of esters is 1. The van der Waals surface area contributed by atoms with Gasteiger partial charge in [0.25, 0.3) is 0 Å².